The molecule has 6 aromatic rings. The smallest absolute Gasteiger partial charge is 0.123 e. The number of phenols is 2. The summed E-state index contributed by atoms with van der Waals surface area (Å²) in [6.07, 6.45) is 0. The first-order chi connectivity index (χ1) is 19.2. The van der Waals surface area contributed by atoms with E-state index in [4.69, 9.17) is 0 Å². The van der Waals surface area contributed by atoms with Gasteiger partial charge in [0.15, 0.2) is 0 Å². The summed E-state index contributed by atoms with van der Waals surface area (Å²) >= 11 is 0. The molecule has 0 radical (unpaired) electrons. The Balaban J connectivity index is 1.59. The van der Waals surface area contributed by atoms with Crippen LogP contribution < -0.4 is 0 Å². The van der Waals surface area contributed by atoms with Crippen molar-refractivity contribution in [1.29, 1.82) is 0 Å². The average molecular weight is 503 g/mol. The third-order valence-corrected chi connectivity index (χ3v) is 7.98. The lowest BCUT2D eigenvalue weighted by atomic mass is 9.67. The van der Waals surface area contributed by atoms with Crippen LogP contribution in [-0.4, -0.2) is 10.2 Å². The zero-order chi connectivity index (χ0) is 26.4. The van der Waals surface area contributed by atoms with Gasteiger partial charge in [0.05, 0.1) is 5.41 Å². The van der Waals surface area contributed by atoms with Crippen LogP contribution in [0.3, 0.4) is 0 Å². The van der Waals surface area contributed by atoms with Crippen LogP contribution in [0.15, 0.2) is 146 Å². The number of hydrogen-bond donors (Lipinski definition) is 2. The molecule has 39 heavy (non-hydrogen) atoms. The molecule has 0 fully saturated rings. The molecule has 1 aliphatic rings. The molecule has 0 aliphatic heterocycles. The highest BCUT2D eigenvalue weighted by Crippen LogP contribution is 2.57. The van der Waals surface area contributed by atoms with Gasteiger partial charge in [0.1, 0.15) is 11.5 Å². The van der Waals surface area contributed by atoms with E-state index in [2.05, 4.69) is 60.7 Å². The van der Waals surface area contributed by atoms with Crippen LogP contribution in [0.2, 0.25) is 0 Å². The molecule has 0 bridgehead atoms. The Bertz CT molecular complexity index is 1680. The number of rotatable bonds is 4. The number of phenolic OH excluding ortho intramolecular Hbond substituents is 2. The van der Waals surface area contributed by atoms with Crippen molar-refractivity contribution < 1.29 is 10.2 Å². The molecule has 0 spiro atoms. The maximum Gasteiger partial charge on any atom is 0.123 e. The molecule has 2 N–H and O–H groups in total. The monoisotopic (exact) mass is 502 g/mol. The summed E-state index contributed by atoms with van der Waals surface area (Å²) in [6.45, 7) is 0. The normalized spacial score (nSPS) is 13.0. The van der Waals surface area contributed by atoms with E-state index in [1.807, 2.05) is 84.9 Å². The standard InChI is InChI=1S/C37H26O2/c38-35-21-19-27(23-31(35)25-11-3-1-4-12-25)37(28-20-22-36(39)32(24-28)26-13-5-2-6-14-26)33-17-9-7-15-29(33)30-16-8-10-18-34(30)37/h1-24,38-39H. The summed E-state index contributed by atoms with van der Waals surface area (Å²) in [6, 6.07) is 49.1. The molecule has 7 rings (SSSR count). The Morgan fingerprint density at radius 3 is 1.18 bits per heavy atom. The van der Waals surface area contributed by atoms with Gasteiger partial charge in [-0.3, -0.25) is 0 Å². The van der Waals surface area contributed by atoms with Gasteiger partial charge >= 0.3 is 0 Å². The molecular weight excluding hydrogens is 476 g/mol. The fourth-order valence-electron chi connectivity index (χ4n) is 6.26. The van der Waals surface area contributed by atoms with Crippen LogP contribution in [0.4, 0.5) is 0 Å². The predicted octanol–water partition coefficient (Wildman–Crippen LogP) is 8.79. The molecule has 0 atom stereocenters. The molecule has 0 unspecified atom stereocenters. The van der Waals surface area contributed by atoms with Gasteiger partial charge in [0, 0.05) is 11.1 Å². The SMILES string of the molecule is Oc1ccc(C2(c3ccc(O)c(-c4ccccc4)c3)c3ccccc3-c3ccccc32)cc1-c1ccccc1. The maximum atomic E-state index is 11.0. The minimum Gasteiger partial charge on any atom is -0.507 e. The van der Waals surface area contributed by atoms with Gasteiger partial charge < -0.3 is 10.2 Å². The third-order valence-electron chi connectivity index (χ3n) is 7.98. The lowest BCUT2D eigenvalue weighted by molar-refractivity contribution is 0.477. The quantitative estimate of drug-likeness (QED) is 0.252. The molecule has 186 valence electrons. The minimum absolute atomic E-state index is 0.246. The lowest BCUT2D eigenvalue weighted by Gasteiger charge is -2.34. The van der Waals surface area contributed by atoms with E-state index >= 15 is 0 Å². The molecule has 0 saturated carbocycles. The van der Waals surface area contributed by atoms with Gasteiger partial charge in [-0.25, -0.2) is 0 Å². The Morgan fingerprint density at radius 1 is 0.359 bits per heavy atom. The predicted molar refractivity (Wildman–Crippen MR) is 158 cm³/mol. The Kier molecular flexibility index (Phi) is 5.35. The van der Waals surface area contributed by atoms with Crippen LogP contribution in [0, 0.1) is 0 Å². The number of aromatic hydroxyl groups is 2. The van der Waals surface area contributed by atoms with Gasteiger partial charge in [0.25, 0.3) is 0 Å². The highest BCUT2D eigenvalue weighted by atomic mass is 16.3. The van der Waals surface area contributed by atoms with E-state index in [1.54, 1.807) is 0 Å². The van der Waals surface area contributed by atoms with Crippen molar-refractivity contribution in [2.45, 2.75) is 5.41 Å². The second-order valence-electron chi connectivity index (χ2n) is 10.0. The topological polar surface area (TPSA) is 40.5 Å². The van der Waals surface area contributed by atoms with E-state index in [1.165, 1.54) is 22.3 Å². The summed E-state index contributed by atoms with van der Waals surface area (Å²) in [5.74, 6) is 0.491. The summed E-state index contributed by atoms with van der Waals surface area (Å²) in [7, 11) is 0. The van der Waals surface area contributed by atoms with E-state index in [-0.39, 0.29) is 11.5 Å². The summed E-state index contributed by atoms with van der Waals surface area (Å²) in [4.78, 5) is 0. The van der Waals surface area contributed by atoms with Crippen LogP contribution >= 0.6 is 0 Å². The second kappa shape index (κ2) is 9.04. The Morgan fingerprint density at radius 2 is 0.744 bits per heavy atom. The van der Waals surface area contributed by atoms with Gasteiger partial charge in [-0.1, -0.05) is 121 Å². The van der Waals surface area contributed by atoms with Crippen LogP contribution in [-0.2, 0) is 5.41 Å². The van der Waals surface area contributed by atoms with Crippen molar-refractivity contribution in [3.63, 3.8) is 0 Å². The minimum atomic E-state index is -0.651. The zero-order valence-corrected chi connectivity index (χ0v) is 21.3. The van der Waals surface area contributed by atoms with E-state index in [9.17, 15) is 10.2 Å². The van der Waals surface area contributed by atoms with Crippen LogP contribution in [0.1, 0.15) is 22.3 Å². The number of hydrogen-bond acceptors (Lipinski definition) is 2. The average Bonchev–Trinajstić information content (AvgIpc) is 3.30. The molecule has 0 aromatic heterocycles. The van der Waals surface area contributed by atoms with Crippen LogP contribution in [0.25, 0.3) is 33.4 Å². The van der Waals surface area contributed by atoms with Gasteiger partial charge in [-0.05, 0) is 68.8 Å². The van der Waals surface area contributed by atoms with E-state index in [0.717, 1.165) is 33.4 Å². The Hall–Kier alpha value is -5.08. The van der Waals surface area contributed by atoms with Crippen molar-refractivity contribution in [3.05, 3.63) is 168 Å². The van der Waals surface area contributed by atoms with Crippen molar-refractivity contribution in [3.8, 4) is 44.9 Å². The second-order valence-corrected chi connectivity index (χ2v) is 10.0. The zero-order valence-electron chi connectivity index (χ0n) is 21.3. The first-order valence-corrected chi connectivity index (χ1v) is 13.1. The Labute approximate surface area is 228 Å². The van der Waals surface area contributed by atoms with E-state index < -0.39 is 5.41 Å². The highest BCUT2D eigenvalue weighted by molar-refractivity contribution is 5.88. The first-order valence-electron chi connectivity index (χ1n) is 13.1. The maximum absolute atomic E-state index is 11.0. The molecule has 6 aromatic carbocycles. The van der Waals surface area contributed by atoms with Gasteiger partial charge in [-0.15, -0.1) is 0 Å². The lowest BCUT2D eigenvalue weighted by Crippen LogP contribution is -2.28. The molecule has 0 saturated heterocycles. The van der Waals surface area contributed by atoms with Crippen molar-refractivity contribution in [2.24, 2.45) is 0 Å². The van der Waals surface area contributed by atoms with Crippen molar-refractivity contribution in [2.75, 3.05) is 0 Å². The largest absolute Gasteiger partial charge is 0.507 e. The van der Waals surface area contributed by atoms with Crippen LogP contribution in [0.5, 0.6) is 11.5 Å². The molecule has 0 heterocycles. The summed E-state index contributed by atoms with van der Waals surface area (Å²) < 4.78 is 0. The fraction of sp³-hybridized carbons (Fsp3) is 0.0270. The molecule has 1 aliphatic carbocycles. The van der Waals surface area contributed by atoms with Crippen molar-refractivity contribution >= 4 is 0 Å². The molecular formula is C37H26O2. The number of fused-ring (bicyclic) bond motifs is 3. The fourth-order valence-corrected chi connectivity index (χ4v) is 6.26. The number of benzene rings is 6. The molecule has 0 amide bonds. The van der Waals surface area contributed by atoms with Crippen molar-refractivity contribution in [1.82, 2.24) is 0 Å². The molecule has 2 heteroatoms. The highest BCUT2D eigenvalue weighted by Gasteiger charge is 2.46. The van der Waals surface area contributed by atoms with E-state index in [0.29, 0.717) is 0 Å². The van der Waals surface area contributed by atoms with Gasteiger partial charge in [0.2, 0.25) is 0 Å². The molecule has 2 nitrogen and oxygen atoms in total. The first kappa shape index (κ1) is 23.1. The third kappa shape index (κ3) is 3.49. The van der Waals surface area contributed by atoms with Gasteiger partial charge in [-0.2, -0.15) is 0 Å². The summed E-state index contributed by atoms with van der Waals surface area (Å²) in [5.41, 5.74) is 9.70. The summed E-state index contributed by atoms with van der Waals surface area (Å²) in [5, 5.41) is 21.9.